The molecule has 3 aliphatic carbocycles. The molecule has 3 aliphatic rings. The number of ether oxygens (including phenoxy) is 1. The monoisotopic (exact) mass is 276 g/mol. The van der Waals surface area contributed by atoms with Crippen molar-refractivity contribution in [3.05, 3.63) is 22.3 Å². The van der Waals surface area contributed by atoms with Crippen molar-refractivity contribution in [1.82, 2.24) is 0 Å². The Balaban J connectivity index is 2.16. The van der Waals surface area contributed by atoms with Crippen LogP contribution >= 0.6 is 0 Å². The lowest BCUT2D eigenvalue weighted by Gasteiger charge is -2.40. The summed E-state index contributed by atoms with van der Waals surface area (Å²) in [4.78, 5) is 10.8. The molecule has 108 valence electrons. The van der Waals surface area contributed by atoms with Gasteiger partial charge < -0.3 is 14.9 Å². The first-order valence-corrected chi connectivity index (χ1v) is 7.21. The van der Waals surface area contributed by atoms with Crippen molar-refractivity contribution in [1.29, 1.82) is 0 Å². The second-order valence-electron chi connectivity index (χ2n) is 5.99. The molecule has 4 heteroatoms. The van der Waals surface area contributed by atoms with E-state index in [0.29, 0.717) is 23.3 Å². The zero-order valence-electron chi connectivity index (χ0n) is 11.9. The van der Waals surface area contributed by atoms with Crippen LogP contribution in [-0.4, -0.2) is 22.8 Å². The number of carbonyl (C=O) groups is 1. The van der Waals surface area contributed by atoms with Crippen LogP contribution < -0.4 is 4.74 Å². The lowest BCUT2D eigenvalue weighted by molar-refractivity contribution is -0.139. The lowest BCUT2D eigenvalue weighted by atomic mass is 9.65. The predicted octanol–water partition coefficient (Wildman–Crippen LogP) is 3.23. The Bertz CT molecular complexity index is 569. The molecule has 1 aromatic rings. The van der Waals surface area contributed by atoms with Crippen molar-refractivity contribution in [2.75, 3.05) is 6.61 Å². The van der Waals surface area contributed by atoms with Crippen LogP contribution in [0.5, 0.6) is 11.5 Å². The van der Waals surface area contributed by atoms with Gasteiger partial charge in [-0.2, -0.15) is 0 Å². The molecule has 0 amide bonds. The highest BCUT2D eigenvalue weighted by Gasteiger charge is 2.38. The quantitative estimate of drug-likeness (QED) is 0.889. The molecule has 2 N–H and O–H groups in total. The first-order valence-electron chi connectivity index (χ1n) is 7.21. The fourth-order valence-electron chi connectivity index (χ4n) is 3.81. The van der Waals surface area contributed by atoms with E-state index in [-0.39, 0.29) is 6.61 Å². The first-order chi connectivity index (χ1) is 9.50. The van der Waals surface area contributed by atoms with Crippen LogP contribution in [0.2, 0.25) is 0 Å². The number of carboxylic acids is 1. The smallest absolute Gasteiger partial charge is 0.341 e. The van der Waals surface area contributed by atoms with Gasteiger partial charge in [0.05, 0.1) is 0 Å². The summed E-state index contributed by atoms with van der Waals surface area (Å²) in [6.07, 6.45) is 4.46. The van der Waals surface area contributed by atoms with Crippen LogP contribution in [0.15, 0.2) is 0 Å². The number of fused-ring (bicyclic) bond motifs is 2. The SMILES string of the molecule is Cc1c(C)c(OCC(=O)O)c2c(c1O)C1CCC2CC1. The van der Waals surface area contributed by atoms with Crippen molar-refractivity contribution >= 4 is 5.97 Å². The third-order valence-corrected chi connectivity index (χ3v) is 4.93. The molecule has 0 saturated heterocycles. The summed E-state index contributed by atoms with van der Waals surface area (Å²) in [6.45, 7) is 3.45. The van der Waals surface area contributed by atoms with Crippen molar-refractivity contribution in [3.8, 4) is 11.5 Å². The van der Waals surface area contributed by atoms with E-state index in [0.717, 1.165) is 47.9 Å². The van der Waals surface area contributed by atoms with Crippen LogP contribution in [0, 0.1) is 13.8 Å². The van der Waals surface area contributed by atoms with Gasteiger partial charge in [0.2, 0.25) is 0 Å². The topological polar surface area (TPSA) is 66.8 Å². The number of benzene rings is 1. The van der Waals surface area contributed by atoms with Crippen molar-refractivity contribution in [3.63, 3.8) is 0 Å². The number of aromatic hydroxyl groups is 1. The number of hydrogen-bond donors (Lipinski definition) is 2. The Morgan fingerprint density at radius 2 is 1.65 bits per heavy atom. The number of rotatable bonds is 3. The molecule has 0 radical (unpaired) electrons. The molecule has 0 heterocycles. The van der Waals surface area contributed by atoms with E-state index in [1.807, 2.05) is 13.8 Å². The zero-order valence-corrected chi connectivity index (χ0v) is 11.9. The summed E-state index contributed by atoms with van der Waals surface area (Å²) in [5, 5.41) is 19.3. The van der Waals surface area contributed by atoms with E-state index in [4.69, 9.17) is 9.84 Å². The standard InChI is InChI=1S/C16H20O4/c1-8-9(2)16(20-7-12(17)18)14-11-5-3-10(4-6-11)13(14)15(8)19/h10-11,19H,3-7H2,1-2H3,(H,17,18). The van der Waals surface area contributed by atoms with E-state index in [9.17, 15) is 9.90 Å². The lowest BCUT2D eigenvalue weighted by Crippen LogP contribution is -2.24. The average molecular weight is 276 g/mol. The number of hydrogen-bond acceptors (Lipinski definition) is 3. The summed E-state index contributed by atoms with van der Waals surface area (Å²) in [7, 11) is 0. The summed E-state index contributed by atoms with van der Waals surface area (Å²) in [6, 6.07) is 0. The zero-order chi connectivity index (χ0) is 14.4. The normalized spacial score (nSPS) is 23.5. The van der Waals surface area contributed by atoms with Gasteiger partial charge >= 0.3 is 5.97 Å². The van der Waals surface area contributed by atoms with Crippen molar-refractivity contribution < 1.29 is 19.7 Å². The van der Waals surface area contributed by atoms with Crippen LogP contribution in [0.4, 0.5) is 0 Å². The summed E-state index contributed by atoms with van der Waals surface area (Å²) in [5.74, 6) is 0.942. The second-order valence-corrected chi connectivity index (χ2v) is 5.99. The van der Waals surface area contributed by atoms with Gasteiger partial charge in [0, 0.05) is 11.1 Å². The van der Waals surface area contributed by atoms with E-state index >= 15 is 0 Å². The minimum Gasteiger partial charge on any atom is -0.507 e. The minimum absolute atomic E-state index is 0.325. The Kier molecular flexibility index (Phi) is 3.11. The molecule has 0 aromatic heterocycles. The Morgan fingerprint density at radius 3 is 2.20 bits per heavy atom. The van der Waals surface area contributed by atoms with Crippen LogP contribution in [0.25, 0.3) is 0 Å². The maximum atomic E-state index is 10.8. The van der Waals surface area contributed by atoms with Crippen LogP contribution in [0.3, 0.4) is 0 Å². The van der Waals surface area contributed by atoms with Gasteiger partial charge in [-0.15, -0.1) is 0 Å². The minimum atomic E-state index is -0.968. The Hall–Kier alpha value is -1.71. The number of aliphatic carboxylic acids is 1. The predicted molar refractivity (Wildman–Crippen MR) is 74.7 cm³/mol. The van der Waals surface area contributed by atoms with Gasteiger partial charge in [0.25, 0.3) is 0 Å². The van der Waals surface area contributed by atoms with Crippen LogP contribution in [0.1, 0.15) is 59.8 Å². The molecule has 1 fully saturated rings. The van der Waals surface area contributed by atoms with Crippen molar-refractivity contribution in [2.45, 2.75) is 51.4 Å². The molecule has 0 aliphatic heterocycles. The molecular formula is C16H20O4. The summed E-state index contributed by atoms with van der Waals surface area (Å²) in [5.41, 5.74) is 3.79. The Morgan fingerprint density at radius 1 is 1.10 bits per heavy atom. The van der Waals surface area contributed by atoms with E-state index in [1.54, 1.807) is 0 Å². The van der Waals surface area contributed by atoms with Gasteiger partial charge in [0.15, 0.2) is 6.61 Å². The molecule has 0 atom stereocenters. The second kappa shape index (κ2) is 4.69. The Labute approximate surface area is 118 Å². The highest BCUT2D eigenvalue weighted by Crippen LogP contribution is 2.56. The molecule has 0 spiro atoms. The van der Waals surface area contributed by atoms with E-state index < -0.39 is 5.97 Å². The molecule has 4 nitrogen and oxygen atoms in total. The number of carboxylic acid groups (broad SMARTS) is 1. The molecule has 1 saturated carbocycles. The summed E-state index contributed by atoms with van der Waals surface area (Å²) >= 11 is 0. The third kappa shape index (κ3) is 1.86. The molecule has 0 unspecified atom stereocenters. The van der Waals surface area contributed by atoms with Gasteiger partial charge in [0.1, 0.15) is 11.5 Å². The van der Waals surface area contributed by atoms with Gasteiger partial charge in [-0.25, -0.2) is 4.79 Å². The highest BCUT2D eigenvalue weighted by molar-refractivity contribution is 5.69. The molecule has 20 heavy (non-hydrogen) atoms. The maximum absolute atomic E-state index is 10.8. The van der Waals surface area contributed by atoms with E-state index in [2.05, 4.69) is 0 Å². The maximum Gasteiger partial charge on any atom is 0.341 e. The summed E-state index contributed by atoms with van der Waals surface area (Å²) < 4.78 is 5.57. The molecule has 4 rings (SSSR count). The van der Waals surface area contributed by atoms with Gasteiger partial charge in [-0.3, -0.25) is 0 Å². The van der Waals surface area contributed by atoms with Gasteiger partial charge in [-0.1, -0.05) is 0 Å². The van der Waals surface area contributed by atoms with Crippen molar-refractivity contribution in [2.24, 2.45) is 0 Å². The first kappa shape index (κ1) is 13.3. The van der Waals surface area contributed by atoms with Gasteiger partial charge in [-0.05, 0) is 62.5 Å². The van der Waals surface area contributed by atoms with Crippen LogP contribution in [-0.2, 0) is 4.79 Å². The fourth-order valence-corrected chi connectivity index (χ4v) is 3.81. The largest absolute Gasteiger partial charge is 0.507 e. The average Bonchev–Trinajstić information content (AvgIpc) is 2.45. The molecule has 2 bridgehead atoms. The number of phenolic OH excluding ortho intramolecular Hbond substituents is 1. The van der Waals surface area contributed by atoms with E-state index in [1.165, 1.54) is 0 Å². The third-order valence-electron chi connectivity index (χ3n) is 4.93. The number of phenols is 1. The molecule has 1 aromatic carbocycles. The molecular weight excluding hydrogens is 256 g/mol. The highest BCUT2D eigenvalue weighted by atomic mass is 16.5. The fraction of sp³-hybridized carbons (Fsp3) is 0.562.